The molecule has 160 valence electrons. The second kappa shape index (κ2) is 24.6. The maximum Gasteiger partial charge on any atom is 1.00 e. The van der Waals surface area contributed by atoms with Crippen molar-refractivity contribution in [1.82, 2.24) is 0 Å². The molecule has 3 N–H and O–H groups in total. The Morgan fingerprint density at radius 2 is 1.46 bits per heavy atom. The number of aliphatic carboxylic acids is 2. The summed E-state index contributed by atoms with van der Waals surface area (Å²) in [6.45, 7) is 3.33. The van der Waals surface area contributed by atoms with Gasteiger partial charge >= 0.3 is 35.5 Å². The molecule has 0 fully saturated rings. The minimum Gasteiger partial charge on any atom is -0.547 e. The van der Waals surface area contributed by atoms with Gasteiger partial charge in [-0.15, -0.1) is 0 Å². The van der Waals surface area contributed by atoms with Gasteiger partial charge in [-0.2, -0.15) is 0 Å². The number of allylic oxidation sites excluding steroid dienone is 1. The van der Waals surface area contributed by atoms with Gasteiger partial charge in [-0.25, -0.2) is 0 Å². The Labute approximate surface area is 192 Å². The Balaban J connectivity index is -0.000000771. The summed E-state index contributed by atoms with van der Waals surface area (Å²) in [7, 11) is 0. The first-order valence-corrected chi connectivity index (χ1v) is 10.2. The molecule has 2 atom stereocenters. The molecule has 0 aliphatic rings. The minimum atomic E-state index is -1.44. The van der Waals surface area contributed by atoms with E-state index in [-0.39, 0.29) is 35.7 Å². The number of aliphatic hydroxyl groups is 2. The van der Waals surface area contributed by atoms with Gasteiger partial charge in [0.25, 0.3) is 0 Å². The van der Waals surface area contributed by atoms with Gasteiger partial charge in [0.05, 0.1) is 18.2 Å². The largest absolute Gasteiger partial charge is 1.00 e. The number of aliphatic hydroxyl groups excluding tert-OH is 2. The first kappa shape index (κ1) is 32.3. The zero-order valence-electron chi connectivity index (χ0n) is 18.1. The number of carbonyl (C=O) groups is 2. The van der Waals surface area contributed by atoms with Crippen LogP contribution in [0.25, 0.3) is 0 Å². The molecule has 0 amide bonds. The second-order valence-corrected chi connectivity index (χ2v) is 6.91. The van der Waals surface area contributed by atoms with Gasteiger partial charge < -0.3 is 25.2 Å². The molecule has 0 aliphatic heterocycles. The Morgan fingerprint density at radius 1 is 0.929 bits per heavy atom. The fraction of sp³-hybridized carbons (Fsp3) is 0.810. The van der Waals surface area contributed by atoms with Crippen LogP contribution in [-0.4, -0.2) is 39.5 Å². The van der Waals surface area contributed by atoms with Gasteiger partial charge in [-0.05, 0) is 39.0 Å². The number of carboxylic acids is 2. The molecule has 0 aromatic heterocycles. The van der Waals surface area contributed by atoms with Gasteiger partial charge in [-0.1, -0.05) is 64.0 Å². The smallest absolute Gasteiger partial charge is 0.547 e. The maximum absolute atomic E-state index is 10.3. The normalized spacial score (nSPS) is 12.6. The van der Waals surface area contributed by atoms with Gasteiger partial charge in [0.15, 0.2) is 0 Å². The first-order chi connectivity index (χ1) is 12.8. The Morgan fingerprint density at radius 3 is 2.00 bits per heavy atom. The van der Waals surface area contributed by atoms with Crippen LogP contribution in [0.5, 0.6) is 0 Å². The van der Waals surface area contributed by atoms with Crippen LogP contribution in [0, 0.1) is 0 Å². The quantitative estimate of drug-likeness (QED) is 0.190. The van der Waals surface area contributed by atoms with Crippen LogP contribution in [0.2, 0.25) is 0 Å². The molecule has 0 saturated carbocycles. The fourth-order valence-electron chi connectivity index (χ4n) is 2.36. The molecular formula is C21H39NaO6. The predicted molar refractivity (Wildman–Crippen MR) is 105 cm³/mol. The van der Waals surface area contributed by atoms with Gasteiger partial charge in [0, 0.05) is 6.42 Å². The Bertz CT molecular complexity index is 385. The third-order valence-electron chi connectivity index (χ3n) is 4.07. The molecule has 0 rings (SSSR count). The molecule has 1 unspecified atom stereocenters. The molecule has 0 heterocycles. The topological polar surface area (TPSA) is 118 Å². The fourth-order valence-corrected chi connectivity index (χ4v) is 2.36. The molecule has 0 spiro atoms. The van der Waals surface area contributed by atoms with E-state index < -0.39 is 18.0 Å². The molecule has 28 heavy (non-hydrogen) atoms. The summed E-state index contributed by atoms with van der Waals surface area (Å²) in [5, 5.41) is 35.6. The second-order valence-electron chi connectivity index (χ2n) is 6.91. The van der Waals surface area contributed by atoms with Crippen LogP contribution < -0.4 is 34.7 Å². The van der Waals surface area contributed by atoms with Crippen LogP contribution in [-0.2, 0) is 9.59 Å². The number of hydrogen-bond acceptors (Lipinski definition) is 5. The van der Waals surface area contributed by atoms with Crippen molar-refractivity contribution in [1.29, 1.82) is 0 Å². The molecular weight excluding hydrogens is 371 g/mol. The standard InChI is InChI=1S/C18H34O3.C3H6O3.Na/c1-2-3-4-11-14-17(19)15-12-9-7-5-6-8-10-13-16-18(20)21;1-2(4)3(5)6;/h9,12,17,19H,2-8,10-11,13-16H2,1H3,(H,20,21);2,4H,1H3,(H,5,6);/q;;+1/p-1/b12-9-;;/t17-;;/m1../s1. The van der Waals surface area contributed by atoms with E-state index >= 15 is 0 Å². The minimum absolute atomic E-state index is 0. The summed E-state index contributed by atoms with van der Waals surface area (Å²) in [5.74, 6) is -2.12. The SMILES string of the molecule is CC(O)C(=O)[O-].CCCCCC[C@@H](O)C/C=C\CCCCCCCC(=O)O.[Na+]. The summed E-state index contributed by atoms with van der Waals surface area (Å²) < 4.78 is 0. The van der Waals surface area contributed by atoms with Crippen molar-refractivity contribution in [3.63, 3.8) is 0 Å². The van der Waals surface area contributed by atoms with Crippen molar-refractivity contribution in [2.45, 2.75) is 110 Å². The van der Waals surface area contributed by atoms with E-state index in [2.05, 4.69) is 19.1 Å². The zero-order chi connectivity index (χ0) is 20.9. The van der Waals surface area contributed by atoms with Crippen molar-refractivity contribution in [3.05, 3.63) is 12.2 Å². The van der Waals surface area contributed by atoms with E-state index in [4.69, 9.17) is 10.2 Å². The van der Waals surface area contributed by atoms with E-state index in [0.717, 1.165) is 58.3 Å². The molecule has 7 heteroatoms. The molecule has 6 nitrogen and oxygen atoms in total. The molecule has 0 radical (unpaired) electrons. The Kier molecular flexibility index (Phi) is 28.4. The molecule has 0 bridgehead atoms. The van der Waals surface area contributed by atoms with Crippen molar-refractivity contribution in [3.8, 4) is 0 Å². The van der Waals surface area contributed by atoms with Gasteiger partial charge in [0.2, 0.25) is 0 Å². The summed E-state index contributed by atoms with van der Waals surface area (Å²) >= 11 is 0. The van der Waals surface area contributed by atoms with E-state index in [1.54, 1.807) is 0 Å². The maximum atomic E-state index is 10.3. The molecule has 0 aromatic carbocycles. The van der Waals surface area contributed by atoms with Crippen molar-refractivity contribution in [2.75, 3.05) is 0 Å². The average molecular weight is 411 g/mol. The summed E-state index contributed by atoms with van der Waals surface area (Å²) in [6.07, 6.45) is 16.0. The predicted octanol–water partition coefficient (Wildman–Crippen LogP) is 0.200. The number of unbranched alkanes of at least 4 members (excludes halogenated alkanes) is 8. The molecule has 0 aromatic rings. The zero-order valence-corrected chi connectivity index (χ0v) is 20.1. The van der Waals surface area contributed by atoms with E-state index in [0.29, 0.717) is 6.42 Å². The number of rotatable bonds is 16. The van der Waals surface area contributed by atoms with Gasteiger partial charge in [0.1, 0.15) is 0 Å². The summed E-state index contributed by atoms with van der Waals surface area (Å²) in [6, 6.07) is 0. The monoisotopic (exact) mass is 410 g/mol. The van der Waals surface area contributed by atoms with Crippen molar-refractivity contribution >= 4 is 11.9 Å². The Hall–Kier alpha value is -0.400. The number of hydrogen-bond donors (Lipinski definition) is 3. The first-order valence-electron chi connectivity index (χ1n) is 10.2. The van der Waals surface area contributed by atoms with E-state index in [1.807, 2.05) is 0 Å². The van der Waals surface area contributed by atoms with E-state index in [9.17, 15) is 19.8 Å². The van der Waals surface area contributed by atoms with Crippen LogP contribution >= 0.6 is 0 Å². The summed E-state index contributed by atoms with van der Waals surface area (Å²) in [4.78, 5) is 19.7. The van der Waals surface area contributed by atoms with Crippen LogP contribution in [0.1, 0.15) is 97.3 Å². The molecule has 0 saturated heterocycles. The molecule has 0 aliphatic carbocycles. The third kappa shape index (κ3) is 30.3. The van der Waals surface area contributed by atoms with Crippen LogP contribution in [0.15, 0.2) is 12.2 Å². The average Bonchev–Trinajstić information content (AvgIpc) is 2.60. The van der Waals surface area contributed by atoms with Crippen LogP contribution in [0.3, 0.4) is 0 Å². The van der Waals surface area contributed by atoms with Crippen LogP contribution in [0.4, 0.5) is 0 Å². The van der Waals surface area contributed by atoms with Crippen molar-refractivity contribution in [2.24, 2.45) is 0 Å². The third-order valence-corrected chi connectivity index (χ3v) is 4.07. The van der Waals surface area contributed by atoms with E-state index in [1.165, 1.54) is 25.7 Å². The number of carbonyl (C=O) groups excluding carboxylic acids is 1. The summed E-state index contributed by atoms with van der Waals surface area (Å²) in [5.41, 5.74) is 0. The number of carboxylic acid groups (broad SMARTS) is 2. The van der Waals surface area contributed by atoms with Gasteiger partial charge in [-0.3, -0.25) is 4.79 Å². The van der Waals surface area contributed by atoms with Crippen molar-refractivity contribution < 1.29 is 59.6 Å².